The first-order valence-corrected chi connectivity index (χ1v) is 13.1. The summed E-state index contributed by atoms with van der Waals surface area (Å²) in [4.78, 5) is 18.2. The van der Waals surface area contributed by atoms with E-state index in [9.17, 15) is 4.79 Å². The maximum Gasteiger partial charge on any atom is 0.339 e. The molecule has 6 nitrogen and oxygen atoms in total. The number of carbonyl (C=O) groups is 1. The SMILES string of the molecule is COC(=O)c1cc(N(C)c2cccc(OCOCC[Si](C)(C)C)n2)ccc1Cl. The Morgan fingerprint density at radius 1 is 1.21 bits per heavy atom. The summed E-state index contributed by atoms with van der Waals surface area (Å²) in [5.41, 5.74) is 1.05. The molecule has 0 radical (unpaired) electrons. The number of halogens is 1. The molecule has 8 heteroatoms. The second-order valence-corrected chi connectivity index (χ2v) is 13.6. The van der Waals surface area contributed by atoms with E-state index in [2.05, 4.69) is 24.6 Å². The van der Waals surface area contributed by atoms with E-state index in [-0.39, 0.29) is 6.79 Å². The largest absolute Gasteiger partial charge is 0.465 e. The number of nitrogens with zero attached hydrogens (tertiary/aromatic N) is 2. The van der Waals surface area contributed by atoms with Gasteiger partial charge in [-0.2, -0.15) is 4.98 Å². The molecule has 2 aromatic rings. The number of pyridine rings is 1. The Hall–Kier alpha value is -2.09. The number of ether oxygens (including phenoxy) is 3. The van der Waals surface area contributed by atoms with Crippen LogP contribution in [-0.2, 0) is 9.47 Å². The highest BCUT2D eigenvalue weighted by atomic mass is 35.5. The number of rotatable bonds is 9. The summed E-state index contributed by atoms with van der Waals surface area (Å²) in [5.74, 6) is 0.651. The van der Waals surface area contributed by atoms with Crippen LogP contribution in [0.4, 0.5) is 11.5 Å². The normalized spacial score (nSPS) is 11.2. The molecule has 1 heterocycles. The lowest BCUT2D eigenvalue weighted by Gasteiger charge is -2.20. The van der Waals surface area contributed by atoms with E-state index in [1.807, 2.05) is 30.1 Å². The van der Waals surface area contributed by atoms with Gasteiger partial charge >= 0.3 is 5.97 Å². The van der Waals surface area contributed by atoms with Gasteiger partial charge in [-0.3, -0.25) is 0 Å². The van der Waals surface area contributed by atoms with Crippen molar-refractivity contribution in [1.29, 1.82) is 0 Å². The Bertz CT molecular complexity index is 811. The minimum absolute atomic E-state index is 0.165. The van der Waals surface area contributed by atoms with Crippen LogP contribution in [0.15, 0.2) is 36.4 Å². The van der Waals surface area contributed by atoms with E-state index in [0.29, 0.717) is 28.9 Å². The second kappa shape index (κ2) is 9.91. The topological polar surface area (TPSA) is 60.9 Å². The molecule has 1 aromatic carbocycles. The zero-order chi connectivity index (χ0) is 20.7. The summed E-state index contributed by atoms with van der Waals surface area (Å²) >= 11 is 6.09. The predicted molar refractivity (Wildman–Crippen MR) is 115 cm³/mol. The quantitative estimate of drug-likeness (QED) is 0.246. The highest BCUT2D eigenvalue weighted by Gasteiger charge is 2.15. The minimum atomic E-state index is -1.11. The van der Waals surface area contributed by atoms with E-state index in [1.165, 1.54) is 7.11 Å². The van der Waals surface area contributed by atoms with Gasteiger partial charge in [0.2, 0.25) is 5.88 Å². The van der Waals surface area contributed by atoms with E-state index in [4.69, 9.17) is 25.8 Å². The third kappa shape index (κ3) is 6.51. The molecule has 0 N–H and O–H groups in total. The van der Waals surface area contributed by atoms with Gasteiger partial charge in [0.25, 0.3) is 0 Å². The van der Waals surface area contributed by atoms with Crippen LogP contribution in [0, 0.1) is 0 Å². The molecule has 0 saturated heterocycles. The van der Waals surface area contributed by atoms with Crippen LogP contribution in [0.3, 0.4) is 0 Å². The zero-order valence-electron chi connectivity index (χ0n) is 17.0. The van der Waals surface area contributed by atoms with Crippen molar-refractivity contribution in [3.05, 3.63) is 47.0 Å². The molecule has 0 unspecified atom stereocenters. The fourth-order valence-corrected chi connectivity index (χ4v) is 3.28. The summed E-state index contributed by atoms with van der Waals surface area (Å²) in [6.07, 6.45) is 0. The number of benzene rings is 1. The van der Waals surface area contributed by atoms with Crippen molar-refractivity contribution < 1.29 is 19.0 Å². The van der Waals surface area contributed by atoms with E-state index in [0.717, 1.165) is 11.7 Å². The van der Waals surface area contributed by atoms with E-state index < -0.39 is 14.0 Å². The average Bonchev–Trinajstić information content (AvgIpc) is 2.66. The number of methoxy groups -OCH3 is 1. The van der Waals surface area contributed by atoms with Crippen LogP contribution in [0.2, 0.25) is 30.7 Å². The number of hydrogen-bond donors (Lipinski definition) is 0. The lowest BCUT2D eigenvalue weighted by atomic mass is 10.2. The van der Waals surface area contributed by atoms with Crippen LogP contribution >= 0.6 is 11.6 Å². The summed E-state index contributed by atoms with van der Waals surface area (Å²) in [5, 5.41) is 0.338. The van der Waals surface area contributed by atoms with E-state index >= 15 is 0 Å². The van der Waals surface area contributed by atoms with Crippen molar-refractivity contribution in [2.75, 3.05) is 32.5 Å². The van der Waals surface area contributed by atoms with Gasteiger partial charge < -0.3 is 19.1 Å². The zero-order valence-corrected chi connectivity index (χ0v) is 18.7. The second-order valence-electron chi connectivity index (χ2n) is 7.53. The van der Waals surface area contributed by atoms with Crippen LogP contribution in [0.1, 0.15) is 10.4 Å². The molecule has 152 valence electrons. The molecule has 0 bridgehead atoms. The molecule has 28 heavy (non-hydrogen) atoms. The van der Waals surface area contributed by atoms with Gasteiger partial charge in [0.1, 0.15) is 5.82 Å². The molecular weight excluding hydrogens is 396 g/mol. The van der Waals surface area contributed by atoms with E-state index in [1.54, 1.807) is 18.2 Å². The number of hydrogen-bond acceptors (Lipinski definition) is 6. The third-order valence-corrected chi connectivity index (χ3v) is 6.12. The van der Waals surface area contributed by atoms with Crippen molar-refractivity contribution in [3.63, 3.8) is 0 Å². The lowest BCUT2D eigenvalue weighted by Crippen LogP contribution is -2.22. The van der Waals surface area contributed by atoms with Crippen molar-refractivity contribution in [3.8, 4) is 5.88 Å². The number of aromatic nitrogens is 1. The summed E-state index contributed by atoms with van der Waals surface area (Å²) in [6.45, 7) is 7.77. The standard InChI is InChI=1S/C20H27ClN2O4Si/c1-23(15-9-10-17(21)16(13-15)20(24)25-2)18-7-6-8-19(22-18)27-14-26-11-12-28(3,4)5/h6-10,13H,11-12,14H2,1-5H3. The molecule has 2 rings (SSSR count). The summed E-state index contributed by atoms with van der Waals surface area (Å²) in [6, 6.07) is 11.7. The maximum absolute atomic E-state index is 11.9. The first-order valence-electron chi connectivity index (χ1n) is 9.00. The first-order chi connectivity index (χ1) is 13.2. The van der Waals surface area contributed by atoms with Gasteiger partial charge in [-0.25, -0.2) is 4.79 Å². The molecule has 0 fully saturated rings. The molecule has 0 aliphatic carbocycles. The summed E-state index contributed by atoms with van der Waals surface area (Å²) in [7, 11) is 2.06. The minimum Gasteiger partial charge on any atom is -0.465 e. The van der Waals surface area contributed by atoms with Crippen LogP contribution < -0.4 is 9.64 Å². The summed E-state index contributed by atoms with van der Waals surface area (Å²) < 4.78 is 15.9. The molecule has 1 aromatic heterocycles. The monoisotopic (exact) mass is 422 g/mol. The highest BCUT2D eigenvalue weighted by molar-refractivity contribution is 6.76. The fourth-order valence-electron chi connectivity index (χ4n) is 2.33. The third-order valence-electron chi connectivity index (χ3n) is 4.08. The molecule has 0 spiro atoms. The smallest absolute Gasteiger partial charge is 0.339 e. The van der Waals surface area contributed by atoms with Crippen molar-refractivity contribution in [1.82, 2.24) is 4.98 Å². The van der Waals surface area contributed by atoms with Gasteiger partial charge in [0, 0.05) is 33.5 Å². The van der Waals surface area contributed by atoms with Gasteiger partial charge in [-0.15, -0.1) is 0 Å². The van der Waals surface area contributed by atoms with Crippen LogP contribution in [0.5, 0.6) is 5.88 Å². The number of esters is 1. The molecule has 0 aliphatic rings. The van der Waals surface area contributed by atoms with Gasteiger partial charge in [0.15, 0.2) is 6.79 Å². The van der Waals surface area contributed by atoms with Gasteiger partial charge in [-0.1, -0.05) is 37.3 Å². The molecule has 0 amide bonds. The molecular formula is C20H27ClN2O4Si. The van der Waals surface area contributed by atoms with Crippen molar-refractivity contribution in [2.24, 2.45) is 0 Å². The lowest BCUT2D eigenvalue weighted by molar-refractivity contribution is 0.0194. The maximum atomic E-state index is 11.9. The average molecular weight is 423 g/mol. The number of carbonyl (C=O) groups excluding carboxylic acids is 1. The first kappa shape index (κ1) is 22.2. The Morgan fingerprint density at radius 3 is 2.64 bits per heavy atom. The Balaban J connectivity index is 2.04. The van der Waals surface area contributed by atoms with Gasteiger partial charge in [0.05, 0.1) is 17.7 Å². The molecule has 0 atom stereocenters. The fraction of sp³-hybridized carbons (Fsp3) is 0.400. The number of anilines is 2. The van der Waals surface area contributed by atoms with Crippen LogP contribution in [0.25, 0.3) is 0 Å². The molecule has 0 saturated carbocycles. The Labute approximate surface area is 172 Å². The van der Waals surface area contributed by atoms with Gasteiger partial charge in [-0.05, 0) is 30.3 Å². The molecule has 0 aliphatic heterocycles. The van der Waals surface area contributed by atoms with Crippen molar-refractivity contribution in [2.45, 2.75) is 25.7 Å². The Kier molecular flexibility index (Phi) is 7.85. The highest BCUT2D eigenvalue weighted by Crippen LogP contribution is 2.28. The Morgan fingerprint density at radius 2 is 1.96 bits per heavy atom. The predicted octanol–water partition coefficient (Wildman–Crippen LogP) is 4.98. The van der Waals surface area contributed by atoms with Crippen LogP contribution in [-0.4, -0.2) is 46.6 Å². The van der Waals surface area contributed by atoms with Crippen molar-refractivity contribution >= 4 is 37.1 Å².